The first-order valence-corrected chi connectivity index (χ1v) is 6.20. The third-order valence-corrected chi connectivity index (χ3v) is 2.74. The summed E-state index contributed by atoms with van der Waals surface area (Å²) in [6, 6.07) is 4.93. The van der Waals surface area contributed by atoms with E-state index in [1.165, 1.54) is 0 Å². The van der Waals surface area contributed by atoms with E-state index in [0.717, 1.165) is 4.47 Å². The number of ether oxygens (including phenoxy) is 1. The van der Waals surface area contributed by atoms with Crippen LogP contribution in [0.4, 0.5) is 0 Å². The minimum atomic E-state index is -1.04. The number of halogens is 2. The second-order valence-corrected chi connectivity index (χ2v) is 4.65. The molecule has 0 saturated heterocycles. The molecule has 7 heteroatoms. The summed E-state index contributed by atoms with van der Waals surface area (Å²) in [6.07, 6.45) is 0. The number of amides is 1. The number of nitrogens with one attached hydrogen (secondary N) is 1. The predicted octanol–water partition coefficient (Wildman–Crippen LogP) is 1.93. The van der Waals surface area contributed by atoms with Crippen molar-refractivity contribution < 1.29 is 19.4 Å². The van der Waals surface area contributed by atoms with Crippen LogP contribution in [0, 0.1) is 0 Å². The molecular weight excluding hydrogens is 325 g/mol. The number of hydrogen-bond acceptors (Lipinski definition) is 3. The maximum atomic E-state index is 11.7. The Kier molecular flexibility index (Phi) is 6.11. The molecule has 1 aromatic carbocycles. The number of hydrogen-bond donors (Lipinski definition) is 2. The van der Waals surface area contributed by atoms with Gasteiger partial charge in [0.15, 0.2) is 0 Å². The fraction of sp³-hybridized carbons (Fsp3) is 0.273. The molecule has 2 N–H and O–H groups in total. The second kappa shape index (κ2) is 7.35. The standard InChI is InChI=1S/C11H11BrClNO4/c12-7-1-2-8(9(13)5-7)11(17)14-3-4-18-6-10(15)16/h1-2,5H,3-4,6H2,(H,14,17)(H,15,16). The number of carbonyl (C=O) groups excluding carboxylic acids is 1. The van der Waals surface area contributed by atoms with E-state index in [-0.39, 0.29) is 25.7 Å². The molecule has 0 heterocycles. The molecule has 0 radical (unpaired) electrons. The van der Waals surface area contributed by atoms with Crippen molar-refractivity contribution in [2.75, 3.05) is 19.8 Å². The highest BCUT2D eigenvalue weighted by atomic mass is 79.9. The highest BCUT2D eigenvalue weighted by molar-refractivity contribution is 9.10. The van der Waals surface area contributed by atoms with Crippen LogP contribution in [0.15, 0.2) is 22.7 Å². The van der Waals surface area contributed by atoms with Gasteiger partial charge in [-0.3, -0.25) is 4.79 Å². The third kappa shape index (κ3) is 5.03. The minimum Gasteiger partial charge on any atom is -0.480 e. The third-order valence-electron chi connectivity index (χ3n) is 1.93. The number of carbonyl (C=O) groups is 2. The monoisotopic (exact) mass is 335 g/mol. The highest BCUT2D eigenvalue weighted by Gasteiger charge is 2.09. The normalized spacial score (nSPS) is 10.1. The van der Waals surface area contributed by atoms with E-state index in [1.54, 1.807) is 18.2 Å². The van der Waals surface area contributed by atoms with Gasteiger partial charge >= 0.3 is 5.97 Å². The molecule has 0 aromatic heterocycles. The molecule has 18 heavy (non-hydrogen) atoms. The number of carboxylic acid groups (broad SMARTS) is 1. The van der Waals surface area contributed by atoms with E-state index in [0.29, 0.717) is 10.6 Å². The summed E-state index contributed by atoms with van der Waals surface area (Å²) in [7, 11) is 0. The summed E-state index contributed by atoms with van der Waals surface area (Å²) in [5.41, 5.74) is 0.359. The number of carboxylic acids is 1. The molecule has 0 aliphatic carbocycles. The van der Waals surface area contributed by atoms with Crippen molar-refractivity contribution >= 4 is 39.4 Å². The van der Waals surface area contributed by atoms with E-state index >= 15 is 0 Å². The lowest BCUT2D eigenvalue weighted by molar-refractivity contribution is -0.142. The van der Waals surface area contributed by atoms with E-state index < -0.39 is 5.97 Å². The molecule has 0 aliphatic rings. The van der Waals surface area contributed by atoms with Crippen LogP contribution >= 0.6 is 27.5 Å². The van der Waals surface area contributed by atoms with Gasteiger partial charge in [-0.15, -0.1) is 0 Å². The SMILES string of the molecule is O=C(O)COCCNC(=O)c1ccc(Br)cc1Cl. The molecule has 1 rings (SSSR count). The number of aliphatic carboxylic acids is 1. The van der Waals surface area contributed by atoms with Gasteiger partial charge in [-0.1, -0.05) is 27.5 Å². The number of rotatable bonds is 6. The highest BCUT2D eigenvalue weighted by Crippen LogP contribution is 2.21. The van der Waals surface area contributed by atoms with Crippen LogP contribution < -0.4 is 5.32 Å². The van der Waals surface area contributed by atoms with E-state index in [9.17, 15) is 9.59 Å². The van der Waals surface area contributed by atoms with E-state index in [1.807, 2.05) is 0 Å². The Morgan fingerprint density at radius 2 is 2.17 bits per heavy atom. The zero-order valence-electron chi connectivity index (χ0n) is 9.28. The van der Waals surface area contributed by atoms with Gasteiger partial charge in [0.1, 0.15) is 6.61 Å². The molecule has 1 aromatic rings. The summed E-state index contributed by atoms with van der Waals surface area (Å²) >= 11 is 9.15. The van der Waals surface area contributed by atoms with Gasteiger partial charge in [0, 0.05) is 11.0 Å². The van der Waals surface area contributed by atoms with Crippen LogP contribution in [0.3, 0.4) is 0 Å². The topological polar surface area (TPSA) is 75.6 Å². The smallest absolute Gasteiger partial charge is 0.329 e. The van der Waals surface area contributed by atoms with Crippen LogP contribution in [-0.2, 0) is 9.53 Å². The molecule has 0 saturated carbocycles. The van der Waals surface area contributed by atoms with Crippen molar-refractivity contribution in [3.8, 4) is 0 Å². The Morgan fingerprint density at radius 3 is 2.78 bits per heavy atom. The predicted molar refractivity (Wildman–Crippen MR) is 69.9 cm³/mol. The van der Waals surface area contributed by atoms with Crippen molar-refractivity contribution in [1.29, 1.82) is 0 Å². The fourth-order valence-electron chi connectivity index (χ4n) is 1.17. The lowest BCUT2D eigenvalue weighted by Crippen LogP contribution is -2.28. The Morgan fingerprint density at radius 1 is 1.44 bits per heavy atom. The average Bonchev–Trinajstić information content (AvgIpc) is 2.27. The van der Waals surface area contributed by atoms with Gasteiger partial charge < -0.3 is 15.2 Å². The second-order valence-electron chi connectivity index (χ2n) is 3.33. The summed E-state index contributed by atoms with van der Waals surface area (Å²) in [6.45, 7) is -0.0282. The average molecular weight is 337 g/mol. The summed E-state index contributed by atoms with van der Waals surface area (Å²) in [5, 5.41) is 11.2. The van der Waals surface area contributed by atoms with Crippen molar-refractivity contribution in [1.82, 2.24) is 5.32 Å². The first-order valence-electron chi connectivity index (χ1n) is 5.03. The van der Waals surface area contributed by atoms with Gasteiger partial charge in [0.2, 0.25) is 0 Å². The first kappa shape index (κ1) is 14.9. The van der Waals surface area contributed by atoms with Crippen molar-refractivity contribution in [3.63, 3.8) is 0 Å². The maximum absolute atomic E-state index is 11.7. The van der Waals surface area contributed by atoms with Crippen LogP contribution in [0.25, 0.3) is 0 Å². The molecule has 5 nitrogen and oxygen atoms in total. The van der Waals surface area contributed by atoms with Crippen LogP contribution in [0.5, 0.6) is 0 Å². The molecule has 1 amide bonds. The Bertz CT molecular complexity index is 453. The molecule has 0 unspecified atom stereocenters. The molecule has 0 bridgehead atoms. The lowest BCUT2D eigenvalue weighted by atomic mass is 10.2. The van der Waals surface area contributed by atoms with Gasteiger partial charge in [-0.2, -0.15) is 0 Å². The molecule has 0 atom stereocenters. The molecular formula is C11H11BrClNO4. The van der Waals surface area contributed by atoms with Gasteiger partial charge in [0.05, 0.1) is 17.2 Å². The van der Waals surface area contributed by atoms with Crippen LogP contribution in [0.1, 0.15) is 10.4 Å². The lowest BCUT2D eigenvalue weighted by Gasteiger charge is -2.07. The first-order chi connectivity index (χ1) is 8.50. The van der Waals surface area contributed by atoms with Gasteiger partial charge in [-0.25, -0.2) is 4.79 Å². The van der Waals surface area contributed by atoms with Crippen LogP contribution in [-0.4, -0.2) is 36.7 Å². The summed E-state index contributed by atoms with van der Waals surface area (Å²) in [4.78, 5) is 21.9. The quantitative estimate of drug-likeness (QED) is 0.778. The maximum Gasteiger partial charge on any atom is 0.329 e. The zero-order valence-corrected chi connectivity index (χ0v) is 11.6. The van der Waals surface area contributed by atoms with Crippen LogP contribution in [0.2, 0.25) is 5.02 Å². The summed E-state index contributed by atoms with van der Waals surface area (Å²) in [5.74, 6) is -1.37. The Balaban J connectivity index is 2.39. The Labute approximate surface area is 117 Å². The van der Waals surface area contributed by atoms with Crippen molar-refractivity contribution in [2.45, 2.75) is 0 Å². The largest absolute Gasteiger partial charge is 0.480 e. The minimum absolute atomic E-state index is 0.131. The Hall–Kier alpha value is -1.11. The van der Waals surface area contributed by atoms with E-state index in [4.69, 9.17) is 21.4 Å². The molecule has 0 aliphatic heterocycles. The van der Waals surface area contributed by atoms with Gasteiger partial charge in [0.25, 0.3) is 5.91 Å². The fourth-order valence-corrected chi connectivity index (χ4v) is 1.92. The molecule has 0 spiro atoms. The van der Waals surface area contributed by atoms with E-state index in [2.05, 4.69) is 21.2 Å². The number of benzene rings is 1. The molecule has 0 fully saturated rings. The summed E-state index contributed by atoms with van der Waals surface area (Å²) < 4.78 is 5.56. The molecule has 98 valence electrons. The van der Waals surface area contributed by atoms with Gasteiger partial charge in [-0.05, 0) is 18.2 Å². The van der Waals surface area contributed by atoms with Crippen molar-refractivity contribution in [3.05, 3.63) is 33.3 Å². The zero-order chi connectivity index (χ0) is 13.5. The van der Waals surface area contributed by atoms with Crippen molar-refractivity contribution in [2.24, 2.45) is 0 Å².